The Labute approximate surface area is 195 Å². The molecule has 1 aliphatic rings. The van der Waals surface area contributed by atoms with Crippen molar-refractivity contribution in [1.29, 1.82) is 0 Å². The fourth-order valence-corrected chi connectivity index (χ4v) is 3.80. The van der Waals surface area contributed by atoms with Crippen molar-refractivity contribution in [3.05, 3.63) is 66.0 Å². The molecule has 3 aromatic rings. The van der Waals surface area contributed by atoms with E-state index in [4.69, 9.17) is 11.5 Å². The first kappa shape index (κ1) is 23.1. The lowest BCUT2D eigenvalue weighted by Crippen LogP contribution is -2.43. The van der Waals surface area contributed by atoms with Gasteiger partial charge < -0.3 is 27.4 Å². The molecule has 0 aliphatic heterocycles. The molecule has 1 saturated carbocycles. The lowest BCUT2D eigenvalue weighted by molar-refractivity contribution is 0.0997. The minimum Gasteiger partial charge on any atom is -0.365 e. The zero-order valence-corrected chi connectivity index (χ0v) is 18.3. The summed E-state index contributed by atoms with van der Waals surface area (Å²) in [7, 11) is 0. The third kappa shape index (κ3) is 5.44. The van der Waals surface area contributed by atoms with Crippen molar-refractivity contribution >= 4 is 34.8 Å². The van der Waals surface area contributed by atoms with Gasteiger partial charge in [-0.1, -0.05) is 12.8 Å². The van der Waals surface area contributed by atoms with Crippen LogP contribution in [0, 0.1) is 5.82 Å². The Morgan fingerprint density at radius 2 is 1.82 bits per heavy atom. The maximum atomic E-state index is 14.7. The minimum absolute atomic E-state index is 0.0242. The van der Waals surface area contributed by atoms with E-state index in [2.05, 4.69) is 30.9 Å². The summed E-state index contributed by atoms with van der Waals surface area (Å²) in [5, 5.41) is 8.73. The van der Waals surface area contributed by atoms with Crippen molar-refractivity contribution in [3.8, 4) is 0 Å². The van der Waals surface area contributed by atoms with E-state index in [0.717, 1.165) is 31.7 Å². The number of nitrogens with zero attached hydrogens (tertiary/aromatic N) is 3. The predicted octanol–water partition coefficient (Wildman–Crippen LogP) is 2.79. The summed E-state index contributed by atoms with van der Waals surface area (Å²) in [5.74, 6) is -1.88. The molecule has 2 amide bonds. The molecule has 0 spiro atoms. The summed E-state index contributed by atoms with van der Waals surface area (Å²) in [6.45, 7) is 0. The van der Waals surface area contributed by atoms with E-state index >= 15 is 0 Å². The Morgan fingerprint density at radius 3 is 2.56 bits per heavy atom. The van der Waals surface area contributed by atoms with Gasteiger partial charge in [-0.2, -0.15) is 0 Å². The number of carbonyl (C=O) groups is 2. The summed E-state index contributed by atoms with van der Waals surface area (Å²) in [4.78, 5) is 36.6. The van der Waals surface area contributed by atoms with Crippen LogP contribution in [0.15, 0.2) is 49.1 Å². The molecular formula is C23H25FN8O2. The summed E-state index contributed by atoms with van der Waals surface area (Å²) in [6.07, 6.45) is 9.60. The third-order valence-corrected chi connectivity index (χ3v) is 5.57. The highest BCUT2D eigenvalue weighted by atomic mass is 19.1. The maximum absolute atomic E-state index is 14.7. The van der Waals surface area contributed by atoms with Crippen molar-refractivity contribution in [2.45, 2.75) is 37.8 Å². The predicted molar refractivity (Wildman–Crippen MR) is 126 cm³/mol. The molecule has 3 aromatic heterocycles. The number of hydrogen-bond donors (Lipinski definition) is 5. The number of pyridine rings is 3. The van der Waals surface area contributed by atoms with Crippen LogP contribution in [-0.4, -0.2) is 38.8 Å². The fourth-order valence-electron chi connectivity index (χ4n) is 3.80. The second-order valence-corrected chi connectivity index (χ2v) is 8.06. The van der Waals surface area contributed by atoms with Crippen molar-refractivity contribution < 1.29 is 14.0 Å². The van der Waals surface area contributed by atoms with E-state index in [0.29, 0.717) is 16.9 Å². The molecule has 0 radical (unpaired) electrons. The lowest BCUT2D eigenvalue weighted by atomic mass is 9.91. The van der Waals surface area contributed by atoms with Gasteiger partial charge in [-0.3, -0.25) is 19.6 Å². The number of nitrogens with one attached hydrogen (secondary N) is 3. The second-order valence-electron chi connectivity index (χ2n) is 8.06. The molecule has 1 fully saturated rings. The number of amides is 2. The van der Waals surface area contributed by atoms with Gasteiger partial charge in [0.05, 0.1) is 34.9 Å². The molecule has 7 N–H and O–H groups in total. The highest BCUT2D eigenvalue weighted by molar-refractivity contribution is 6.04. The summed E-state index contributed by atoms with van der Waals surface area (Å²) in [5.41, 5.74) is 12.7. The normalized spacial score (nSPS) is 17.6. The van der Waals surface area contributed by atoms with Crippen molar-refractivity contribution in [2.75, 3.05) is 16.0 Å². The molecule has 0 bridgehead atoms. The van der Waals surface area contributed by atoms with Gasteiger partial charge in [-0.25, -0.2) is 9.37 Å². The van der Waals surface area contributed by atoms with Gasteiger partial charge >= 0.3 is 0 Å². The molecule has 1 aliphatic carbocycles. The fraction of sp³-hybridized carbons (Fsp3) is 0.261. The van der Waals surface area contributed by atoms with Gasteiger partial charge in [0.2, 0.25) is 0 Å². The van der Waals surface area contributed by atoms with Crippen LogP contribution in [0.1, 0.15) is 46.4 Å². The standard InChI is InChI=1S/C23H25FN8O2/c24-17-9-16(20(26)33)21(32-22(17)31-19-6-2-1-5-18(19)25)29-14-8-15(12-28-11-14)30-23(34)13-4-3-7-27-10-13/h3-4,7-12,18-19H,1-2,5-6,25H2,(H2,26,33)(H,30,34)(H2,29,31,32)/t18-,19?/m0/s1. The topological polar surface area (TPSA) is 161 Å². The minimum atomic E-state index is -0.844. The van der Waals surface area contributed by atoms with E-state index in [1.54, 1.807) is 24.4 Å². The molecule has 11 heteroatoms. The van der Waals surface area contributed by atoms with Gasteiger partial charge in [-0.15, -0.1) is 0 Å². The molecule has 34 heavy (non-hydrogen) atoms. The number of halogens is 1. The lowest BCUT2D eigenvalue weighted by Gasteiger charge is -2.30. The number of carbonyl (C=O) groups excluding carboxylic acids is 2. The summed E-state index contributed by atoms with van der Waals surface area (Å²) in [6, 6.07) is 5.67. The summed E-state index contributed by atoms with van der Waals surface area (Å²) < 4.78 is 14.7. The molecule has 176 valence electrons. The van der Waals surface area contributed by atoms with Crippen LogP contribution in [0.3, 0.4) is 0 Å². The van der Waals surface area contributed by atoms with E-state index in [9.17, 15) is 14.0 Å². The van der Waals surface area contributed by atoms with Gasteiger partial charge in [0.1, 0.15) is 5.82 Å². The van der Waals surface area contributed by atoms with E-state index < -0.39 is 11.7 Å². The average molecular weight is 465 g/mol. The first-order valence-electron chi connectivity index (χ1n) is 10.9. The molecule has 1 unspecified atom stereocenters. The molecular weight excluding hydrogens is 439 g/mol. The smallest absolute Gasteiger partial charge is 0.257 e. The van der Waals surface area contributed by atoms with Crippen molar-refractivity contribution in [2.24, 2.45) is 11.5 Å². The largest absolute Gasteiger partial charge is 0.365 e. The van der Waals surface area contributed by atoms with E-state index in [-0.39, 0.29) is 35.2 Å². The van der Waals surface area contributed by atoms with Gasteiger partial charge in [0, 0.05) is 24.5 Å². The molecule has 4 rings (SSSR count). The zero-order chi connectivity index (χ0) is 24.1. The maximum Gasteiger partial charge on any atom is 0.257 e. The Bertz CT molecular complexity index is 1190. The molecule has 10 nitrogen and oxygen atoms in total. The Balaban J connectivity index is 1.57. The first-order valence-corrected chi connectivity index (χ1v) is 10.9. The van der Waals surface area contributed by atoms with Crippen LogP contribution in [0.2, 0.25) is 0 Å². The van der Waals surface area contributed by atoms with Crippen LogP contribution in [-0.2, 0) is 0 Å². The molecule has 2 atom stereocenters. The Morgan fingerprint density at radius 1 is 1.03 bits per heavy atom. The van der Waals surface area contributed by atoms with Gasteiger partial charge in [-0.05, 0) is 37.1 Å². The summed E-state index contributed by atoms with van der Waals surface area (Å²) >= 11 is 0. The van der Waals surface area contributed by atoms with Crippen LogP contribution in [0.25, 0.3) is 0 Å². The van der Waals surface area contributed by atoms with Crippen LogP contribution >= 0.6 is 0 Å². The second kappa shape index (κ2) is 10.2. The molecule has 0 aromatic carbocycles. The van der Waals surface area contributed by atoms with Crippen molar-refractivity contribution in [1.82, 2.24) is 15.0 Å². The number of primary amides is 1. The number of anilines is 4. The SMILES string of the molecule is NC(=O)c1cc(F)c(NC2CCCC[C@@H]2N)nc1Nc1cncc(NC(=O)c2cccnc2)c1. The number of aromatic nitrogens is 3. The molecule has 0 saturated heterocycles. The number of hydrogen-bond acceptors (Lipinski definition) is 8. The number of rotatable bonds is 7. The van der Waals surface area contributed by atoms with Crippen LogP contribution in [0.5, 0.6) is 0 Å². The average Bonchev–Trinajstić information content (AvgIpc) is 2.83. The van der Waals surface area contributed by atoms with E-state index in [1.807, 2.05) is 0 Å². The molecule has 3 heterocycles. The Kier molecular flexibility index (Phi) is 6.93. The van der Waals surface area contributed by atoms with Crippen LogP contribution < -0.4 is 27.4 Å². The third-order valence-electron chi connectivity index (χ3n) is 5.57. The van der Waals surface area contributed by atoms with Gasteiger partial charge in [0.25, 0.3) is 11.8 Å². The Hall–Kier alpha value is -4.12. The van der Waals surface area contributed by atoms with Crippen LogP contribution in [0.4, 0.5) is 27.4 Å². The monoisotopic (exact) mass is 464 g/mol. The number of nitrogens with two attached hydrogens (primary N) is 2. The zero-order valence-electron chi connectivity index (χ0n) is 18.3. The quantitative estimate of drug-likeness (QED) is 0.357. The highest BCUT2D eigenvalue weighted by Gasteiger charge is 2.24. The van der Waals surface area contributed by atoms with Crippen molar-refractivity contribution in [3.63, 3.8) is 0 Å². The first-order chi connectivity index (χ1) is 16.4. The highest BCUT2D eigenvalue weighted by Crippen LogP contribution is 2.27. The van der Waals surface area contributed by atoms with E-state index in [1.165, 1.54) is 18.6 Å². The van der Waals surface area contributed by atoms with Gasteiger partial charge in [0.15, 0.2) is 11.6 Å².